The first-order valence-corrected chi connectivity index (χ1v) is 13.0. The summed E-state index contributed by atoms with van der Waals surface area (Å²) in [4.78, 5) is 46.5. The maximum absolute atomic E-state index is 13.9. The van der Waals surface area contributed by atoms with Gasteiger partial charge >= 0.3 is 5.97 Å². The minimum Gasteiger partial charge on any atom is -0.493 e. The third kappa shape index (κ3) is 4.10. The van der Waals surface area contributed by atoms with E-state index in [-0.39, 0.29) is 33.4 Å². The fraction of sp³-hybridized carbons (Fsp3) is 0.286. The summed E-state index contributed by atoms with van der Waals surface area (Å²) >= 11 is 1.03. The van der Waals surface area contributed by atoms with E-state index in [9.17, 15) is 14.4 Å². The van der Waals surface area contributed by atoms with Crippen LogP contribution in [0.5, 0.6) is 11.5 Å². The highest BCUT2D eigenvalue weighted by atomic mass is 32.1. The van der Waals surface area contributed by atoms with Crippen LogP contribution in [0.3, 0.4) is 0 Å². The predicted molar refractivity (Wildman–Crippen MR) is 143 cm³/mol. The number of carbonyl (C=O) groups excluding carboxylic acids is 2. The number of amides is 1. The molecule has 5 rings (SSSR count). The van der Waals surface area contributed by atoms with Crippen LogP contribution < -0.4 is 19.8 Å². The van der Waals surface area contributed by atoms with Crippen LogP contribution in [-0.2, 0) is 4.74 Å². The third-order valence-electron chi connectivity index (χ3n) is 6.28. The fourth-order valence-corrected chi connectivity index (χ4v) is 5.59. The van der Waals surface area contributed by atoms with Crippen LogP contribution in [-0.4, -0.2) is 37.2 Å². The second kappa shape index (κ2) is 9.94. The number of hydrogen-bond donors (Lipinski definition) is 0. The molecule has 9 nitrogen and oxygen atoms in total. The number of anilines is 1. The molecule has 0 aliphatic carbocycles. The van der Waals surface area contributed by atoms with Crippen LogP contribution in [0.15, 0.2) is 45.6 Å². The Morgan fingerprint density at radius 3 is 2.58 bits per heavy atom. The number of rotatable bonds is 7. The third-order valence-corrected chi connectivity index (χ3v) is 7.42. The highest BCUT2D eigenvalue weighted by Crippen LogP contribution is 2.44. The van der Waals surface area contributed by atoms with E-state index in [1.807, 2.05) is 19.9 Å². The van der Waals surface area contributed by atoms with Gasteiger partial charge in [-0.1, -0.05) is 29.0 Å². The van der Waals surface area contributed by atoms with Crippen molar-refractivity contribution in [3.05, 3.63) is 79.6 Å². The molecule has 0 fully saturated rings. The van der Waals surface area contributed by atoms with Crippen molar-refractivity contribution in [3.8, 4) is 11.5 Å². The average Bonchev–Trinajstić information content (AvgIpc) is 3.42. The predicted octanol–water partition coefficient (Wildman–Crippen LogP) is 5.20. The number of nitrogens with zero attached hydrogens (tertiary/aromatic N) is 2. The van der Waals surface area contributed by atoms with Gasteiger partial charge in [0.2, 0.25) is 5.76 Å². The molecule has 1 atom stereocenters. The minimum absolute atomic E-state index is 0.0604. The van der Waals surface area contributed by atoms with Gasteiger partial charge in [-0.15, -0.1) is 0 Å². The molecule has 0 saturated carbocycles. The Morgan fingerprint density at radius 2 is 1.87 bits per heavy atom. The largest absolute Gasteiger partial charge is 0.493 e. The van der Waals surface area contributed by atoms with E-state index >= 15 is 0 Å². The van der Waals surface area contributed by atoms with E-state index < -0.39 is 17.9 Å². The number of methoxy groups -OCH3 is 1. The SMILES string of the molecule is CCOC(=O)c1sc(N2C(=O)c3oc4ccc(C)cc4c(=O)c3C2c2ccc(OCC)c(OC)c2)nc1C. The van der Waals surface area contributed by atoms with Gasteiger partial charge < -0.3 is 18.6 Å². The molecule has 196 valence electrons. The Morgan fingerprint density at radius 1 is 1.08 bits per heavy atom. The number of benzene rings is 2. The van der Waals surface area contributed by atoms with Crippen molar-refractivity contribution in [1.82, 2.24) is 4.98 Å². The summed E-state index contributed by atoms with van der Waals surface area (Å²) in [5.41, 5.74) is 2.12. The van der Waals surface area contributed by atoms with E-state index in [1.165, 1.54) is 12.0 Å². The van der Waals surface area contributed by atoms with Crippen LogP contribution in [0.25, 0.3) is 11.0 Å². The number of fused-ring (bicyclic) bond motifs is 2. The molecule has 2 aromatic heterocycles. The topological polar surface area (TPSA) is 108 Å². The number of aromatic nitrogens is 1. The quantitative estimate of drug-likeness (QED) is 0.298. The monoisotopic (exact) mass is 534 g/mol. The lowest BCUT2D eigenvalue weighted by Gasteiger charge is -2.23. The Kier molecular flexibility index (Phi) is 6.66. The highest BCUT2D eigenvalue weighted by molar-refractivity contribution is 7.17. The zero-order valence-corrected chi connectivity index (χ0v) is 22.4. The number of aryl methyl sites for hydroxylation is 2. The molecule has 38 heavy (non-hydrogen) atoms. The maximum Gasteiger partial charge on any atom is 0.350 e. The minimum atomic E-state index is -0.871. The van der Waals surface area contributed by atoms with Gasteiger partial charge in [0.25, 0.3) is 5.91 Å². The van der Waals surface area contributed by atoms with Gasteiger partial charge in [-0.3, -0.25) is 14.5 Å². The first-order chi connectivity index (χ1) is 18.3. The van der Waals surface area contributed by atoms with Crippen LogP contribution in [0.2, 0.25) is 0 Å². The lowest BCUT2D eigenvalue weighted by atomic mass is 9.98. The fourth-order valence-electron chi connectivity index (χ4n) is 4.60. The molecule has 10 heteroatoms. The molecular weight excluding hydrogens is 508 g/mol. The molecule has 1 aliphatic heterocycles. The molecule has 3 heterocycles. The molecule has 2 aromatic carbocycles. The van der Waals surface area contributed by atoms with Crippen molar-refractivity contribution in [2.24, 2.45) is 0 Å². The van der Waals surface area contributed by atoms with Gasteiger partial charge in [-0.05, 0) is 57.5 Å². The number of ether oxygens (including phenoxy) is 3. The standard InChI is InChI=1S/C28H26N2O7S/c1-6-35-19-11-9-16(13-20(19)34-5)22-21-23(31)17-12-14(3)8-10-18(17)37-24(21)26(32)30(22)28-29-15(4)25(38-28)27(33)36-7-2/h8-13,22H,6-7H2,1-5H3. The molecule has 1 amide bonds. The molecule has 0 bridgehead atoms. The summed E-state index contributed by atoms with van der Waals surface area (Å²) in [5, 5.41) is 0.628. The Labute approximate surface area is 222 Å². The van der Waals surface area contributed by atoms with Gasteiger partial charge in [0.15, 0.2) is 22.1 Å². The van der Waals surface area contributed by atoms with Crippen molar-refractivity contribution < 1.29 is 28.2 Å². The second-order valence-electron chi connectivity index (χ2n) is 8.73. The van der Waals surface area contributed by atoms with E-state index in [0.29, 0.717) is 40.3 Å². The van der Waals surface area contributed by atoms with Crippen LogP contribution in [0.1, 0.15) is 62.5 Å². The van der Waals surface area contributed by atoms with Gasteiger partial charge in [0.05, 0.1) is 43.0 Å². The Bertz CT molecular complexity index is 1640. The lowest BCUT2D eigenvalue weighted by molar-refractivity contribution is 0.0531. The molecule has 0 radical (unpaired) electrons. The summed E-state index contributed by atoms with van der Waals surface area (Å²) in [6.07, 6.45) is 0. The van der Waals surface area contributed by atoms with Crippen molar-refractivity contribution in [2.75, 3.05) is 25.2 Å². The van der Waals surface area contributed by atoms with Crippen molar-refractivity contribution in [2.45, 2.75) is 33.7 Å². The molecule has 0 spiro atoms. The van der Waals surface area contributed by atoms with Crippen molar-refractivity contribution >= 4 is 39.3 Å². The van der Waals surface area contributed by atoms with Gasteiger partial charge in [0, 0.05) is 0 Å². The van der Waals surface area contributed by atoms with Crippen LogP contribution in [0.4, 0.5) is 5.13 Å². The molecule has 0 N–H and O–H groups in total. The summed E-state index contributed by atoms with van der Waals surface area (Å²) in [6, 6.07) is 9.63. The molecule has 0 saturated heterocycles. The van der Waals surface area contributed by atoms with E-state index in [4.69, 9.17) is 18.6 Å². The maximum atomic E-state index is 13.9. The second-order valence-corrected chi connectivity index (χ2v) is 9.70. The van der Waals surface area contributed by atoms with E-state index in [1.54, 1.807) is 44.2 Å². The lowest BCUT2D eigenvalue weighted by Crippen LogP contribution is -2.29. The van der Waals surface area contributed by atoms with Crippen molar-refractivity contribution in [1.29, 1.82) is 0 Å². The normalized spacial score (nSPS) is 14.6. The zero-order valence-electron chi connectivity index (χ0n) is 21.6. The van der Waals surface area contributed by atoms with Crippen LogP contribution in [0, 0.1) is 13.8 Å². The summed E-state index contributed by atoms with van der Waals surface area (Å²) in [7, 11) is 1.52. The average molecular weight is 535 g/mol. The van der Waals surface area contributed by atoms with Gasteiger partial charge in [0.1, 0.15) is 10.5 Å². The van der Waals surface area contributed by atoms with E-state index in [0.717, 1.165) is 16.9 Å². The Hall–Kier alpha value is -4.18. The van der Waals surface area contributed by atoms with Gasteiger partial charge in [-0.25, -0.2) is 9.78 Å². The van der Waals surface area contributed by atoms with E-state index in [2.05, 4.69) is 4.98 Å². The smallest absolute Gasteiger partial charge is 0.350 e. The number of esters is 1. The summed E-state index contributed by atoms with van der Waals surface area (Å²) in [6.45, 7) is 7.79. The highest BCUT2D eigenvalue weighted by Gasteiger charge is 2.45. The first kappa shape index (κ1) is 25.5. The number of thiazole rings is 1. The summed E-state index contributed by atoms with van der Waals surface area (Å²) < 4.78 is 22.4. The Balaban J connectivity index is 1.76. The number of hydrogen-bond acceptors (Lipinski definition) is 9. The molecule has 1 unspecified atom stereocenters. The van der Waals surface area contributed by atoms with Crippen LogP contribution >= 0.6 is 11.3 Å². The molecule has 1 aliphatic rings. The van der Waals surface area contributed by atoms with Crippen molar-refractivity contribution in [3.63, 3.8) is 0 Å². The first-order valence-electron chi connectivity index (χ1n) is 12.1. The molecule has 4 aromatic rings. The number of carbonyl (C=O) groups is 2. The summed E-state index contributed by atoms with van der Waals surface area (Å²) in [5.74, 6) is -0.122. The zero-order chi connectivity index (χ0) is 27.1. The van der Waals surface area contributed by atoms with Gasteiger partial charge in [-0.2, -0.15) is 0 Å². The molecular formula is C28H26N2O7S.